The van der Waals surface area contributed by atoms with Crippen molar-refractivity contribution in [3.63, 3.8) is 0 Å². The standard InChI is InChI=1S/C14H26N2O3/c1-4-14(7-5-6-8-14)13(19)16(11-12(17)18)10-9-15(2)3/h4-11H2,1-3H3,(H,17,18). The lowest BCUT2D eigenvalue weighted by atomic mass is 9.82. The number of carbonyl (C=O) groups is 2. The summed E-state index contributed by atoms with van der Waals surface area (Å²) in [5.74, 6) is -0.895. The van der Waals surface area contributed by atoms with Crippen LogP contribution < -0.4 is 0 Å². The fraction of sp³-hybridized carbons (Fsp3) is 0.857. The first-order valence-electron chi connectivity index (χ1n) is 7.07. The maximum Gasteiger partial charge on any atom is 0.323 e. The molecule has 0 atom stereocenters. The lowest BCUT2D eigenvalue weighted by Crippen LogP contribution is -2.47. The third-order valence-corrected chi connectivity index (χ3v) is 4.12. The first-order valence-corrected chi connectivity index (χ1v) is 7.07. The molecular weight excluding hydrogens is 244 g/mol. The third kappa shape index (κ3) is 4.20. The van der Waals surface area contributed by atoms with Crippen molar-refractivity contribution >= 4 is 11.9 Å². The van der Waals surface area contributed by atoms with Crippen molar-refractivity contribution in [3.05, 3.63) is 0 Å². The Bertz CT molecular complexity index is 323. The molecule has 1 aliphatic carbocycles. The molecule has 1 rings (SSSR count). The normalized spacial score (nSPS) is 17.7. The highest BCUT2D eigenvalue weighted by Crippen LogP contribution is 2.42. The number of hydrogen-bond donors (Lipinski definition) is 1. The van der Waals surface area contributed by atoms with Crippen LogP contribution in [0.25, 0.3) is 0 Å². The Morgan fingerprint density at radius 2 is 1.74 bits per heavy atom. The number of hydrogen-bond acceptors (Lipinski definition) is 3. The Morgan fingerprint density at radius 1 is 1.16 bits per heavy atom. The molecule has 0 heterocycles. The zero-order chi connectivity index (χ0) is 14.5. The molecule has 0 spiro atoms. The molecule has 19 heavy (non-hydrogen) atoms. The summed E-state index contributed by atoms with van der Waals surface area (Å²) in [5.41, 5.74) is -0.304. The lowest BCUT2D eigenvalue weighted by molar-refractivity contribution is -0.150. The fourth-order valence-corrected chi connectivity index (χ4v) is 2.84. The summed E-state index contributed by atoms with van der Waals surface area (Å²) in [4.78, 5) is 27.1. The van der Waals surface area contributed by atoms with Gasteiger partial charge in [0.2, 0.25) is 5.91 Å². The van der Waals surface area contributed by atoms with Gasteiger partial charge in [-0.1, -0.05) is 19.8 Å². The molecule has 0 unspecified atom stereocenters. The number of nitrogens with zero attached hydrogens (tertiary/aromatic N) is 2. The quantitative estimate of drug-likeness (QED) is 0.760. The summed E-state index contributed by atoms with van der Waals surface area (Å²) in [6.45, 7) is 3.03. The topological polar surface area (TPSA) is 60.9 Å². The van der Waals surface area contributed by atoms with Gasteiger partial charge in [0, 0.05) is 18.5 Å². The number of carboxylic acid groups (broad SMARTS) is 1. The second kappa shape index (κ2) is 6.89. The van der Waals surface area contributed by atoms with E-state index in [0.717, 1.165) is 32.1 Å². The number of amides is 1. The predicted octanol–water partition coefficient (Wildman–Crippen LogP) is 1.43. The van der Waals surface area contributed by atoms with Gasteiger partial charge in [-0.15, -0.1) is 0 Å². The van der Waals surface area contributed by atoms with Crippen molar-refractivity contribution in [2.45, 2.75) is 39.0 Å². The summed E-state index contributed by atoms with van der Waals surface area (Å²) >= 11 is 0. The van der Waals surface area contributed by atoms with Gasteiger partial charge in [0.1, 0.15) is 6.54 Å². The minimum atomic E-state index is -0.934. The van der Waals surface area contributed by atoms with Gasteiger partial charge >= 0.3 is 5.97 Å². The van der Waals surface area contributed by atoms with Gasteiger partial charge < -0.3 is 14.9 Å². The van der Waals surface area contributed by atoms with Crippen LogP contribution in [-0.4, -0.2) is 60.5 Å². The van der Waals surface area contributed by atoms with Crippen molar-refractivity contribution in [3.8, 4) is 0 Å². The Kier molecular flexibility index (Phi) is 5.79. The molecule has 1 aliphatic rings. The van der Waals surface area contributed by atoms with E-state index in [0.29, 0.717) is 13.1 Å². The molecule has 0 aliphatic heterocycles. The number of carbonyl (C=O) groups excluding carboxylic acids is 1. The van der Waals surface area contributed by atoms with Gasteiger partial charge in [0.05, 0.1) is 0 Å². The van der Waals surface area contributed by atoms with E-state index in [1.807, 2.05) is 25.9 Å². The number of likely N-dealkylation sites (N-methyl/N-ethyl adjacent to an activating group) is 1. The molecule has 0 aromatic carbocycles. The first kappa shape index (κ1) is 16.0. The molecule has 1 saturated carbocycles. The van der Waals surface area contributed by atoms with Crippen LogP contribution in [0.2, 0.25) is 0 Å². The van der Waals surface area contributed by atoms with Crippen molar-refractivity contribution in [2.75, 3.05) is 33.7 Å². The van der Waals surface area contributed by atoms with Gasteiger partial charge in [0.15, 0.2) is 0 Å². The maximum absolute atomic E-state index is 12.7. The van der Waals surface area contributed by atoms with Gasteiger partial charge in [-0.3, -0.25) is 9.59 Å². The van der Waals surface area contributed by atoms with Crippen molar-refractivity contribution in [1.29, 1.82) is 0 Å². The smallest absolute Gasteiger partial charge is 0.323 e. The average Bonchev–Trinajstić information content (AvgIpc) is 2.83. The minimum Gasteiger partial charge on any atom is -0.480 e. The van der Waals surface area contributed by atoms with Crippen LogP contribution in [0.4, 0.5) is 0 Å². The van der Waals surface area contributed by atoms with E-state index in [2.05, 4.69) is 0 Å². The first-order chi connectivity index (χ1) is 8.91. The van der Waals surface area contributed by atoms with Crippen molar-refractivity contribution in [2.24, 2.45) is 5.41 Å². The zero-order valence-corrected chi connectivity index (χ0v) is 12.3. The van der Waals surface area contributed by atoms with Crippen LogP contribution in [0.15, 0.2) is 0 Å². The summed E-state index contributed by atoms with van der Waals surface area (Å²) in [7, 11) is 3.85. The number of aliphatic carboxylic acids is 1. The summed E-state index contributed by atoms with van der Waals surface area (Å²) in [6, 6.07) is 0. The fourth-order valence-electron chi connectivity index (χ4n) is 2.84. The van der Waals surface area contributed by atoms with Gasteiger partial charge in [-0.05, 0) is 33.4 Å². The SMILES string of the molecule is CCC1(C(=O)N(CCN(C)C)CC(=O)O)CCCC1. The molecule has 0 bridgehead atoms. The molecule has 5 nitrogen and oxygen atoms in total. The van der Waals surface area contributed by atoms with E-state index in [1.54, 1.807) is 0 Å². The van der Waals surface area contributed by atoms with E-state index in [-0.39, 0.29) is 17.9 Å². The second-order valence-corrected chi connectivity index (χ2v) is 5.76. The second-order valence-electron chi connectivity index (χ2n) is 5.76. The molecular formula is C14H26N2O3. The van der Waals surface area contributed by atoms with Gasteiger partial charge in [-0.25, -0.2) is 0 Å². The molecule has 110 valence electrons. The molecule has 1 fully saturated rings. The van der Waals surface area contributed by atoms with Crippen LogP contribution >= 0.6 is 0 Å². The number of rotatable bonds is 7. The summed E-state index contributed by atoms with van der Waals surface area (Å²) < 4.78 is 0. The molecule has 5 heteroatoms. The highest BCUT2D eigenvalue weighted by atomic mass is 16.4. The van der Waals surface area contributed by atoms with E-state index in [4.69, 9.17) is 5.11 Å². The lowest BCUT2D eigenvalue weighted by Gasteiger charge is -2.33. The number of carboxylic acids is 1. The zero-order valence-electron chi connectivity index (χ0n) is 12.3. The van der Waals surface area contributed by atoms with Crippen molar-refractivity contribution < 1.29 is 14.7 Å². The monoisotopic (exact) mass is 270 g/mol. The highest BCUT2D eigenvalue weighted by molar-refractivity contribution is 5.86. The maximum atomic E-state index is 12.7. The Balaban J connectivity index is 2.77. The largest absolute Gasteiger partial charge is 0.480 e. The third-order valence-electron chi connectivity index (χ3n) is 4.12. The van der Waals surface area contributed by atoms with E-state index in [9.17, 15) is 9.59 Å². The Hall–Kier alpha value is -1.10. The minimum absolute atomic E-state index is 0.0387. The van der Waals surface area contributed by atoms with Crippen LogP contribution in [0.5, 0.6) is 0 Å². The predicted molar refractivity (Wildman–Crippen MR) is 74.0 cm³/mol. The molecule has 0 aromatic heterocycles. The van der Waals surface area contributed by atoms with Crippen LogP contribution in [-0.2, 0) is 9.59 Å². The molecule has 1 amide bonds. The van der Waals surface area contributed by atoms with Gasteiger partial charge in [-0.2, -0.15) is 0 Å². The van der Waals surface area contributed by atoms with Crippen LogP contribution in [0, 0.1) is 5.41 Å². The Morgan fingerprint density at radius 3 is 2.16 bits per heavy atom. The molecule has 1 N–H and O–H groups in total. The highest BCUT2D eigenvalue weighted by Gasteiger charge is 2.42. The van der Waals surface area contributed by atoms with Gasteiger partial charge in [0.25, 0.3) is 0 Å². The molecule has 0 radical (unpaired) electrons. The van der Waals surface area contributed by atoms with E-state index >= 15 is 0 Å². The van der Waals surface area contributed by atoms with E-state index < -0.39 is 5.97 Å². The summed E-state index contributed by atoms with van der Waals surface area (Å²) in [5, 5.41) is 8.99. The van der Waals surface area contributed by atoms with Crippen molar-refractivity contribution in [1.82, 2.24) is 9.80 Å². The average molecular weight is 270 g/mol. The Labute approximate surface area is 115 Å². The summed E-state index contributed by atoms with van der Waals surface area (Å²) in [6.07, 6.45) is 4.77. The van der Waals surface area contributed by atoms with E-state index in [1.165, 1.54) is 4.90 Å². The molecule has 0 aromatic rings. The molecule has 0 saturated heterocycles. The van der Waals surface area contributed by atoms with Crippen LogP contribution in [0.1, 0.15) is 39.0 Å². The van der Waals surface area contributed by atoms with Crippen LogP contribution in [0.3, 0.4) is 0 Å².